The molecule has 148 valence electrons. The number of aromatic nitrogens is 5. The molecule has 1 atom stereocenters. The van der Waals surface area contributed by atoms with E-state index in [2.05, 4.69) is 26.7 Å². The van der Waals surface area contributed by atoms with Crippen LogP contribution >= 0.6 is 0 Å². The standard InChI is InChI=1S/C20H26N6O2/c1-14(13-28-2)26-18(23-17-5-4-9-21-20(17)26)6-3-7-19(27)25-10-8-16-15(12-25)11-22-24-16/h4-5,9,11,14H,3,6-8,10,12-13H2,1-2H3,(H,22,24)/t14-/m1/s1. The number of carbonyl (C=O) groups is 1. The van der Waals surface area contributed by atoms with Crippen LogP contribution in [0.15, 0.2) is 24.5 Å². The smallest absolute Gasteiger partial charge is 0.222 e. The number of hydrogen-bond acceptors (Lipinski definition) is 5. The van der Waals surface area contributed by atoms with Crippen molar-refractivity contribution in [2.45, 2.75) is 45.2 Å². The summed E-state index contributed by atoms with van der Waals surface area (Å²) in [6.45, 7) is 4.10. The van der Waals surface area contributed by atoms with Crippen LogP contribution in [-0.2, 0) is 28.9 Å². The van der Waals surface area contributed by atoms with Crippen molar-refractivity contribution in [3.05, 3.63) is 41.6 Å². The fourth-order valence-corrected chi connectivity index (χ4v) is 3.92. The molecule has 4 heterocycles. The van der Waals surface area contributed by atoms with Crippen molar-refractivity contribution in [3.63, 3.8) is 0 Å². The summed E-state index contributed by atoms with van der Waals surface area (Å²) in [6, 6.07) is 4.01. The number of amides is 1. The van der Waals surface area contributed by atoms with Gasteiger partial charge in [-0.25, -0.2) is 9.97 Å². The van der Waals surface area contributed by atoms with Crippen LogP contribution < -0.4 is 0 Å². The molecule has 0 saturated carbocycles. The summed E-state index contributed by atoms with van der Waals surface area (Å²) in [6.07, 6.45) is 6.46. The Hall–Kier alpha value is -2.74. The maximum atomic E-state index is 12.6. The van der Waals surface area contributed by atoms with Crippen LogP contribution in [0.4, 0.5) is 0 Å². The number of carbonyl (C=O) groups excluding carboxylic acids is 1. The van der Waals surface area contributed by atoms with Gasteiger partial charge in [-0.3, -0.25) is 9.89 Å². The van der Waals surface area contributed by atoms with Crippen LogP contribution in [0, 0.1) is 0 Å². The molecule has 1 aliphatic rings. The summed E-state index contributed by atoms with van der Waals surface area (Å²) < 4.78 is 7.47. The van der Waals surface area contributed by atoms with Crippen molar-refractivity contribution in [1.82, 2.24) is 29.6 Å². The van der Waals surface area contributed by atoms with E-state index in [0.717, 1.165) is 54.1 Å². The van der Waals surface area contributed by atoms with Crippen molar-refractivity contribution < 1.29 is 9.53 Å². The Balaban J connectivity index is 1.41. The lowest BCUT2D eigenvalue weighted by Gasteiger charge is -2.26. The number of aromatic amines is 1. The maximum Gasteiger partial charge on any atom is 0.222 e. The Morgan fingerprint density at radius 2 is 2.32 bits per heavy atom. The maximum absolute atomic E-state index is 12.6. The summed E-state index contributed by atoms with van der Waals surface area (Å²) in [5.74, 6) is 1.15. The average Bonchev–Trinajstić information content (AvgIpc) is 3.31. The van der Waals surface area contributed by atoms with Gasteiger partial charge in [0.2, 0.25) is 5.91 Å². The zero-order valence-corrected chi connectivity index (χ0v) is 16.4. The number of imidazole rings is 1. The fourth-order valence-electron chi connectivity index (χ4n) is 3.92. The van der Waals surface area contributed by atoms with Crippen molar-refractivity contribution in [2.24, 2.45) is 0 Å². The summed E-state index contributed by atoms with van der Waals surface area (Å²) in [5.41, 5.74) is 4.03. The quantitative estimate of drug-likeness (QED) is 0.677. The van der Waals surface area contributed by atoms with Gasteiger partial charge in [-0.15, -0.1) is 0 Å². The number of methoxy groups -OCH3 is 1. The first-order valence-corrected chi connectivity index (χ1v) is 9.77. The number of pyridine rings is 1. The molecule has 8 nitrogen and oxygen atoms in total. The molecule has 0 saturated heterocycles. The average molecular weight is 382 g/mol. The molecule has 4 rings (SSSR count). The lowest BCUT2D eigenvalue weighted by atomic mass is 10.1. The minimum absolute atomic E-state index is 0.136. The van der Waals surface area contributed by atoms with Crippen molar-refractivity contribution in [3.8, 4) is 0 Å². The molecule has 0 aromatic carbocycles. The van der Waals surface area contributed by atoms with Gasteiger partial charge in [-0.05, 0) is 25.5 Å². The minimum Gasteiger partial charge on any atom is -0.383 e. The molecule has 0 spiro atoms. The second-order valence-electron chi connectivity index (χ2n) is 7.34. The van der Waals surface area contributed by atoms with E-state index in [1.807, 2.05) is 23.2 Å². The number of H-pyrrole nitrogens is 1. The first-order valence-electron chi connectivity index (χ1n) is 9.77. The SMILES string of the molecule is COC[C@@H](C)n1c(CCCC(=O)N2CCc3[nH]ncc3C2)nc2cccnc21. The van der Waals surface area contributed by atoms with E-state index in [0.29, 0.717) is 19.6 Å². The molecule has 28 heavy (non-hydrogen) atoms. The van der Waals surface area contributed by atoms with Gasteiger partial charge in [0.15, 0.2) is 5.65 Å². The molecular formula is C20H26N6O2. The van der Waals surface area contributed by atoms with Gasteiger partial charge >= 0.3 is 0 Å². The van der Waals surface area contributed by atoms with Crippen LogP contribution in [0.3, 0.4) is 0 Å². The van der Waals surface area contributed by atoms with Crippen LogP contribution in [0.25, 0.3) is 11.2 Å². The summed E-state index contributed by atoms with van der Waals surface area (Å²) >= 11 is 0. The Kier molecular flexibility index (Phi) is 5.38. The van der Waals surface area contributed by atoms with Gasteiger partial charge in [0.25, 0.3) is 0 Å². The molecule has 0 fully saturated rings. The lowest BCUT2D eigenvalue weighted by molar-refractivity contribution is -0.132. The van der Waals surface area contributed by atoms with Crippen LogP contribution in [0.1, 0.15) is 42.9 Å². The Morgan fingerprint density at radius 3 is 3.18 bits per heavy atom. The highest BCUT2D eigenvalue weighted by Crippen LogP contribution is 2.22. The molecule has 1 N–H and O–H groups in total. The molecule has 3 aromatic rings. The number of rotatable bonds is 7. The third kappa shape index (κ3) is 3.64. The minimum atomic E-state index is 0.136. The largest absolute Gasteiger partial charge is 0.383 e. The second-order valence-corrected chi connectivity index (χ2v) is 7.34. The van der Waals surface area contributed by atoms with Gasteiger partial charge in [-0.1, -0.05) is 0 Å². The van der Waals surface area contributed by atoms with E-state index in [9.17, 15) is 4.79 Å². The molecule has 8 heteroatoms. The normalized spacial score (nSPS) is 15.0. The summed E-state index contributed by atoms with van der Waals surface area (Å²) in [5, 5.41) is 7.08. The van der Waals surface area contributed by atoms with Gasteiger partial charge in [0, 0.05) is 56.9 Å². The predicted octanol–water partition coefficient (Wildman–Crippen LogP) is 2.27. The zero-order valence-electron chi connectivity index (χ0n) is 16.4. The lowest BCUT2D eigenvalue weighted by Crippen LogP contribution is -2.35. The number of aryl methyl sites for hydroxylation is 1. The second kappa shape index (κ2) is 8.10. The predicted molar refractivity (Wildman–Crippen MR) is 105 cm³/mol. The molecule has 3 aromatic heterocycles. The van der Waals surface area contributed by atoms with Crippen LogP contribution in [-0.4, -0.2) is 55.8 Å². The molecule has 0 unspecified atom stereocenters. The van der Waals surface area contributed by atoms with E-state index >= 15 is 0 Å². The van der Waals surface area contributed by atoms with E-state index in [-0.39, 0.29) is 11.9 Å². The van der Waals surface area contributed by atoms with Gasteiger partial charge in [0.05, 0.1) is 18.8 Å². The van der Waals surface area contributed by atoms with Crippen LogP contribution in [0.2, 0.25) is 0 Å². The number of nitrogens with one attached hydrogen (secondary N) is 1. The topological polar surface area (TPSA) is 88.9 Å². The highest BCUT2D eigenvalue weighted by molar-refractivity contribution is 5.76. The Labute approximate surface area is 163 Å². The Morgan fingerprint density at radius 1 is 1.43 bits per heavy atom. The third-order valence-electron chi connectivity index (χ3n) is 5.31. The molecule has 0 radical (unpaired) electrons. The number of ether oxygens (including phenoxy) is 1. The van der Waals surface area contributed by atoms with Crippen molar-refractivity contribution >= 4 is 17.1 Å². The number of nitrogens with zero attached hydrogens (tertiary/aromatic N) is 5. The van der Waals surface area contributed by atoms with E-state index in [4.69, 9.17) is 9.72 Å². The highest BCUT2D eigenvalue weighted by atomic mass is 16.5. The zero-order chi connectivity index (χ0) is 19.5. The summed E-state index contributed by atoms with van der Waals surface area (Å²) in [7, 11) is 1.70. The van der Waals surface area contributed by atoms with Crippen molar-refractivity contribution in [2.75, 3.05) is 20.3 Å². The van der Waals surface area contributed by atoms with E-state index in [1.54, 1.807) is 13.3 Å². The molecule has 0 aliphatic carbocycles. The Bertz CT molecular complexity index is 963. The molecule has 0 bridgehead atoms. The van der Waals surface area contributed by atoms with Gasteiger partial charge in [-0.2, -0.15) is 5.10 Å². The molecule has 1 aliphatic heterocycles. The van der Waals surface area contributed by atoms with E-state index in [1.165, 1.54) is 0 Å². The monoisotopic (exact) mass is 382 g/mol. The van der Waals surface area contributed by atoms with E-state index < -0.39 is 0 Å². The highest BCUT2D eigenvalue weighted by Gasteiger charge is 2.22. The first kappa shape index (κ1) is 18.6. The van der Waals surface area contributed by atoms with Crippen LogP contribution in [0.5, 0.6) is 0 Å². The fraction of sp³-hybridized carbons (Fsp3) is 0.500. The summed E-state index contributed by atoms with van der Waals surface area (Å²) in [4.78, 5) is 23.8. The first-order chi connectivity index (χ1) is 13.7. The third-order valence-corrected chi connectivity index (χ3v) is 5.31. The number of fused-ring (bicyclic) bond motifs is 2. The van der Waals surface area contributed by atoms with Crippen molar-refractivity contribution in [1.29, 1.82) is 0 Å². The molecular weight excluding hydrogens is 356 g/mol. The van der Waals surface area contributed by atoms with Gasteiger partial charge < -0.3 is 14.2 Å². The van der Waals surface area contributed by atoms with Gasteiger partial charge in [0.1, 0.15) is 11.3 Å². The molecule has 1 amide bonds. The number of hydrogen-bond donors (Lipinski definition) is 1.